The molecule has 0 aliphatic heterocycles. The number of hydrogen-bond acceptors (Lipinski definition) is 4. The van der Waals surface area contributed by atoms with Gasteiger partial charge in [-0.3, -0.25) is 4.90 Å². The van der Waals surface area contributed by atoms with E-state index in [1.165, 1.54) is 17.7 Å². The molecule has 0 aliphatic rings. The molecule has 19 heavy (non-hydrogen) atoms. The van der Waals surface area contributed by atoms with Crippen molar-refractivity contribution in [1.29, 1.82) is 0 Å². The molecule has 0 aromatic carbocycles. The normalized spacial score (nSPS) is 11.6. The molecule has 0 saturated carbocycles. The third-order valence-corrected chi connectivity index (χ3v) is 4.37. The molecule has 4 heteroatoms. The largest absolute Gasteiger partial charge is 0.383 e. The third-order valence-electron chi connectivity index (χ3n) is 3.50. The van der Waals surface area contributed by atoms with Crippen LogP contribution in [0.1, 0.15) is 31.6 Å². The first-order valence-corrected chi connectivity index (χ1v) is 8.15. The van der Waals surface area contributed by atoms with Gasteiger partial charge >= 0.3 is 0 Å². The fourth-order valence-electron chi connectivity index (χ4n) is 2.34. The van der Waals surface area contributed by atoms with Crippen molar-refractivity contribution in [3.8, 4) is 0 Å². The monoisotopic (exact) mass is 284 g/mol. The van der Waals surface area contributed by atoms with Crippen LogP contribution in [0.5, 0.6) is 0 Å². The van der Waals surface area contributed by atoms with Crippen molar-refractivity contribution in [2.45, 2.75) is 39.3 Å². The van der Waals surface area contributed by atoms with Gasteiger partial charge in [0.2, 0.25) is 0 Å². The molecule has 0 atom stereocenters. The van der Waals surface area contributed by atoms with Crippen molar-refractivity contribution < 1.29 is 4.74 Å². The van der Waals surface area contributed by atoms with Crippen molar-refractivity contribution in [1.82, 2.24) is 10.2 Å². The lowest BCUT2D eigenvalue weighted by molar-refractivity contribution is 0.116. The molecular weight excluding hydrogens is 256 g/mol. The zero-order valence-electron chi connectivity index (χ0n) is 12.5. The molecule has 1 N–H and O–H groups in total. The van der Waals surface area contributed by atoms with E-state index in [4.69, 9.17) is 4.74 Å². The van der Waals surface area contributed by atoms with E-state index in [1.54, 1.807) is 7.11 Å². The highest BCUT2D eigenvalue weighted by molar-refractivity contribution is 7.09. The highest BCUT2D eigenvalue weighted by Crippen LogP contribution is 2.09. The van der Waals surface area contributed by atoms with Crippen LogP contribution in [0, 0.1) is 0 Å². The first kappa shape index (κ1) is 16.6. The quantitative estimate of drug-likeness (QED) is 0.632. The van der Waals surface area contributed by atoms with Crippen LogP contribution in [0.15, 0.2) is 17.5 Å². The Balaban J connectivity index is 2.26. The molecule has 110 valence electrons. The SMILES string of the molecule is CCC(CC)N(CCNCc1cccs1)CCOC. The zero-order chi connectivity index (χ0) is 13.9. The van der Waals surface area contributed by atoms with Crippen LogP contribution in [0.3, 0.4) is 0 Å². The molecule has 0 bridgehead atoms. The minimum absolute atomic E-state index is 0.679. The number of nitrogens with one attached hydrogen (secondary N) is 1. The maximum absolute atomic E-state index is 5.22. The second-order valence-corrected chi connectivity index (χ2v) is 5.79. The predicted molar refractivity (Wildman–Crippen MR) is 83.8 cm³/mol. The number of rotatable bonds is 11. The van der Waals surface area contributed by atoms with Crippen molar-refractivity contribution in [3.05, 3.63) is 22.4 Å². The summed E-state index contributed by atoms with van der Waals surface area (Å²) in [4.78, 5) is 3.95. The molecule has 1 aromatic heterocycles. The van der Waals surface area contributed by atoms with Gasteiger partial charge in [-0.2, -0.15) is 0 Å². The second-order valence-electron chi connectivity index (χ2n) is 4.76. The van der Waals surface area contributed by atoms with Crippen LogP contribution in [0.25, 0.3) is 0 Å². The maximum atomic E-state index is 5.22. The Morgan fingerprint density at radius 2 is 2.11 bits per heavy atom. The minimum atomic E-state index is 0.679. The first-order chi connectivity index (χ1) is 9.31. The second kappa shape index (κ2) is 10.4. The highest BCUT2D eigenvalue weighted by Gasteiger charge is 2.13. The lowest BCUT2D eigenvalue weighted by Crippen LogP contribution is -2.41. The average Bonchev–Trinajstić information content (AvgIpc) is 2.94. The summed E-state index contributed by atoms with van der Waals surface area (Å²) >= 11 is 1.81. The fraction of sp³-hybridized carbons (Fsp3) is 0.733. The van der Waals surface area contributed by atoms with Crippen LogP contribution in [-0.4, -0.2) is 44.3 Å². The van der Waals surface area contributed by atoms with Crippen LogP contribution in [-0.2, 0) is 11.3 Å². The van der Waals surface area contributed by atoms with E-state index >= 15 is 0 Å². The predicted octanol–water partition coefficient (Wildman–Crippen LogP) is 2.97. The Hall–Kier alpha value is -0.420. The number of methoxy groups -OCH3 is 1. The first-order valence-electron chi connectivity index (χ1n) is 7.27. The Bertz CT molecular complexity index is 299. The van der Waals surface area contributed by atoms with Gasteiger partial charge < -0.3 is 10.1 Å². The van der Waals surface area contributed by atoms with Crippen LogP contribution in [0.2, 0.25) is 0 Å². The molecule has 1 rings (SSSR count). The molecule has 0 radical (unpaired) electrons. The molecule has 0 unspecified atom stereocenters. The number of thiophene rings is 1. The molecule has 3 nitrogen and oxygen atoms in total. The molecule has 0 aliphatic carbocycles. The van der Waals surface area contributed by atoms with Gasteiger partial charge in [0.15, 0.2) is 0 Å². The van der Waals surface area contributed by atoms with Gasteiger partial charge in [-0.1, -0.05) is 19.9 Å². The number of hydrogen-bond donors (Lipinski definition) is 1. The van der Waals surface area contributed by atoms with E-state index in [0.29, 0.717) is 6.04 Å². The van der Waals surface area contributed by atoms with Gasteiger partial charge in [-0.15, -0.1) is 11.3 Å². The van der Waals surface area contributed by atoms with Crippen LogP contribution >= 0.6 is 11.3 Å². The Labute approximate surface area is 122 Å². The minimum Gasteiger partial charge on any atom is -0.383 e. The Morgan fingerprint density at radius 1 is 1.32 bits per heavy atom. The zero-order valence-corrected chi connectivity index (χ0v) is 13.3. The summed E-state index contributed by atoms with van der Waals surface area (Å²) in [5.41, 5.74) is 0. The van der Waals surface area contributed by atoms with Crippen molar-refractivity contribution in [2.24, 2.45) is 0 Å². The van der Waals surface area contributed by atoms with E-state index in [0.717, 1.165) is 32.8 Å². The lowest BCUT2D eigenvalue weighted by atomic mass is 10.1. The smallest absolute Gasteiger partial charge is 0.0589 e. The molecule has 0 amide bonds. The Morgan fingerprint density at radius 3 is 2.68 bits per heavy atom. The van der Waals surface area contributed by atoms with Crippen LogP contribution < -0.4 is 5.32 Å². The summed E-state index contributed by atoms with van der Waals surface area (Å²) in [6, 6.07) is 4.97. The van der Waals surface area contributed by atoms with Crippen molar-refractivity contribution in [3.63, 3.8) is 0 Å². The van der Waals surface area contributed by atoms with Gasteiger partial charge in [-0.25, -0.2) is 0 Å². The van der Waals surface area contributed by atoms with E-state index in [9.17, 15) is 0 Å². The highest BCUT2D eigenvalue weighted by atomic mass is 32.1. The topological polar surface area (TPSA) is 24.5 Å². The summed E-state index contributed by atoms with van der Waals surface area (Å²) in [7, 11) is 1.78. The molecule has 1 heterocycles. The van der Waals surface area contributed by atoms with Crippen molar-refractivity contribution in [2.75, 3.05) is 33.4 Å². The van der Waals surface area contributed by atoms with Gasteiger partial charge in [-0.05, 0) is 24.3 Å². The summed E-state index contributed by atoms with van der Waals surface area (Å²) in [6.45, 7) is 9.52. The fourth-order valence-corrected chi connectivity index (χ4v) is 3.01. The molecule has 1 aromatic rings. The van der Waals surface area contributed by atoms with E-state index in [-0.39, 0.29) is 0 Å². The van der Waals surface area contributed by atoms with Gasteiger partial charge in [0.1, 0.15) is 0 Å². The summed E-state index contributed by atoms with van der Waals surface area (Å²) < 4.78 is 5.22. The summed E-state index contributed by atoms with van der Waals surface area (Å²) in [5, 5.41) is 5.66. The number of ether oxygens (including phenoxy) is 1. The summed E-state index contributed by atoms with van der Waals surface area (Å²) in [6.07, 6.45) is 2.43. The molecule has 0 saturated heterocycles. The summed E-state index contributed by atoms with van der Waals surface area (Å²) in [5.74, 6) is 0. The average molecular weight is 284 g/mol. The Kier molecular flexibility index (Phi) is 9.08. The van der Waals surface area contributed by atoms with Crippen LogP contribution in [0.4, 0.5) is 0 Å². The lowest BCUT2D eigenvalue weighted by Gasteiger charge is -2.30. The van der Waals surface area contributed by atoms with E-state index < -0.39 is 0 Å². The molecule has 0 fully saturated rings. The van der Waals surface area contributed by atoms with E-state index in [2.05, 4.69) is 41.6 Å². The maximum Gasteiger partial charge on any atom is 0.0589 e. The molecule has 0 spiro atoms. The number of nitrogens with zero attached hydrogens (tertiary/aromatic N) is 1. The van der Waals surface area contributed by atoms with Crippen molar-refractivity contribution >= 4 is 11.3 Å². The standard InChI is InChI=1S/C15H28N2OS/c1-4-14(5-2)17(10-11-18-3)9-8-16-13-15-7-6-12-19-15/h6-7,12,14,16H,4-5,8-11,13H2,1-3H3. The third kappa shape index (κ3) is 6.52. The van der Waals surface area contributed by atoms with Gasteiger partial charge in [0, 0.05) is 44.2 Å². The van der Waals surface area contributed by atoms with Gasteiger partial charge in [0.05, 0.1) is 6.61 Å². The van der Waals surface area contributed by atoms with Gasteiger partial charge in [0.25, 0.3) is 0 Å². The molecular formula is C15H28N2OS. The van der Waals surface area contributed by atoms with E-state index in [1.807, 2.05) is 11.3 Å².